The second-order valence-corrected chi connectivity index (χ2v) is 7.50. The van der Waals surface area contributed by atoms with E-state index in [1.807, 2.05) is 6.07 Å². The summed E-state index contributed by atoms with van der Waals surface area (Å²) in [4.78, 5) is 2.44. The highest BCUT2D eigenvalue weighted by Crippen LogP contribution is 2.45. The number of rotatable bonds is 2. The van der Waals surface area contributed by atoms with Gasteiger partial charge in [0.1, 0.15) is 0 Å². The molecular weight excluding hydrogens is 385 g/mol. The van der Waals surface area contributed by atoms with Crippen molar-refractivity contribution in [1.82, 2.24) is 10.2 Å². The minimum Gasteiger partial charge on any atom is -0.314 e. The van der Waals surface area contributed by atoms with Crippen LogP contribution in [0.25, 0.3) is 0 Å². The molecule has 0 spiro atoms. The van der Waals surface area contributed by atoms with Gasteiger partial charge in [-0.2, -0.15) is 0 Å². The van der Waals surface area contributed by atoms with Crippen molar-refractivity contribution >= 4 is 59.6 Å². The molecule has 1 aliphatic heterocycles. The first kappa shape index (κ1) is 22.6. The van der Waals surface area contributed by atoms with Crippen LogP contribution in [0.2, 0.25) is 15.1 Å². The molecule has 7 heteroatoms. The summed E-state index contributed by atoms with van der Waals surface area (Å²) >= 11 is 19.1. The minimum absolute atomic E-state index is 0. The van der Waals surface area contributed by atoms with Crippen molar-refractivity contribution in [3.05, 3.63) is 32.8 Å². The summed E-state index contributed by atoms with van der Waals surface area (Å²) < 4.78 is 0. The van der Waals surface area contributed by atoms with Crippen LogP contribution < -0.4 is 5.32 Å². The Kier molecular flexibility index (Phi) is 9.42. The van der Waals surface area contributed by atoms with Crippen LogP contribution in [0.15, 0.2) is 12.1 Å². The molecule has 0 unspecified atom stereocenters. The third-order valence-corrected chi connectivity index (χ3v) is 4.84. The van der Waals surface area contributed by atoms with Gasteiger partial charge >= 0.3 is 0 Å². The molecule has 1 atom stereocenters. The largest absolute Gasteiger partial charge is 0.314 e. The Morgan fingerprint density at radius 3 is 2.00 bits per heavy atom. The van der Waals surface area contributed by atoms with Crippen LogP contribution in [0, 0.1) is 5.41 Å². The molecule has 1 aliphatic rings. The molecule has 0 aliphatic carbocycles. The summed E-state index contributed by atoms with van der Waals surface area (Å²) in [6.07, 6.45) is 0. The lowest BCUT2D eigenvalue weighted by atomic mass is 9.81. The summed E-state index contributed by atoms with van der Waals surface area (Å²) in [5, 5.41) is 5.22. The highest BCUT2D eigenvalue weighted by molar-refractivity contribution is 6.44. The molecule has 1 saturated heterocycles. The average molecular weight is 409 g/mol. The monoisotopic (exact) mass is 406 g/mol. The zero-order chi connectivity index (χ0) is 14.9. The van der Waals surface area contributed by atoms with E-state index >= 15 is 0 Å². The van der Waals surface area contributed by atoms with E-state index in [0.717, 1.165) is 31.7 Å². The maximum absolute atomic E-state index is 6.46. The lowest BCUT2D eigenvalue weighted by molar-refractivity contribution is 0.0863. The standard InChI is InChI=1S/C15H21Cl3N2.2ClH/c1-15(2,3)14(20-8-6-19-7-9-20)12-10(16)4-5-11(17)13(12)18;;/h4-5,14,19H,6-9H2,1-3H3;2*1H/t14-;;/m0../s1. The number of benzene rings is 1. The highest BCUT2D eigenvalue weighted by atomic mass is 35.5. The van der Waals surface area contributed by atoms with Crippen LogP contribution in [-0.4, -0.2) is 31.1 Å². The van der Waals surface area contributed by atoms with Crippen molar-refractivity contribution < 1.29 is 0 Å². The van der Waals surface area contributed by atoms with Crippen LogP contribution >= 0.6 is 59.6 Å². The van der Waals surface area contributed by atoms with Crippen molar-refractivity contribution in [2.45, 2.75) is 26.8 Å². The van der Waals surface area contributed by atoms with E-state index in [2.05, 4.69) is 31.0 Å². The van der Waals surface area contributed by atoms with Crippen LogP contribution in [0.4, 0.5) is 0 Å². The molecule has 2 nitrogen and oxygen atoms in total. The normalized spacial score (nSPS) is 17.4. The van der Waals surface area contributed by atoms with Gasteiger partial charge in [-0.1, -0.05) is 55.6 Å². The van der Waals surface area contributed by atoms with Gasteiger partial charge in [0, 0.05) is 42.8 Å². The Balaban J connectivity index is 0.00000220. The maximum Gasteiger partial charge on any atom is 0.0655 e. The van der Waals surface area contributed by atoms with Gasteiger partial charge in [-0.05, 0) is 17.5 Å². The molecule has 1 aromatic rings. The summed E-state index contributed by atoms with van der Waals surface area (Å²) in [5.41, 5.74) is 0.977. The molecule has 22 heavy (non-hydrogen) atoms. The Labute approximate surface area is 160 Å². The van der Waals surface area contributed by atoms with Crippen LogP contribution in [-0.2, 0) is 0 Å². The molecule has 1 heterocycles. The quantitative estimate of drug-likeness (QED) is 0.652. The first-order valence-corrected chi connectivity index (χ1v) is 8.04. The molecule has 1 aromatic carbocycles. The van der Waals surface area contributed by atoms with E-state index in [0.29, 0.717) is 15.1 Å². The summed E-state index contributed by atoms with van der Waals surface area (Å²) in [6, 6.07) is 3.75. The number of nitrogens with zero attached hydrogens (tertiary/aromatic N) is 1. The molecule has 0 saturated carbocycles. The second kappa shape index (κ2) is 9.17. The van der Waals surface area contributed by atoms with E-state index < -0.39 is 0 Å². The van der Waals surface area contributed by atoms with E-state index in [9.17, 15) is 0 Å². The Morgan fingerprint density at radius 1 is 1.00 bits per heavy atom. The van der Waals surface area contributed by atoms with Gasteiger partial charge < -0.3 is 5.32 Å². The summed E-state index contributed by atoms with van der Waals surface area (Å²) in [6.45, 7) is 10.6. The number of nitrogens with one attached hydrogen (secondary N) is 1. The number of hydrogen-bond donors (Lipinski definition) is 1. The maximum atomic E-state index is 6.46. The summed E-state index contributed by atoms with van der Waals surface area (Å²) in [7, 11) is 0. The molecular formula is C15H23Cl5N2. The molecule has 2 rings (SSSR count). The predicted octanol–water partition coefficient (Wildman–Crippen LogP) is 5.48. The smallest absolute Gasteiger partial charge is 0.0655 e. The zero-order valence-corrected chi connectivity index (χ0v) is 16.9. The van der Waals surface area contributed by atoms with Gasteiger partial charge in [-0.25, -0.2) is 0 Å². The minimum atomic E-state index is 0. The van der Waals surface area contributed by atoms with Crippen LogP contribution in [0.1, 0.15) is 32.4 Å². The lowest BCUT2D eigenvalue weighted by Gasteiger charge is -2.43. The topological polar surface area (TPSA) is 15.3 Å². The van der Waals surface area contributed by atoms with Crippen molar-refractivity contribution in [2.75, 3.05) is 26.2 Å². The fraction of sp³-hybridized carbons (Fsp3) is 0.600. The van der Waals surface area contributed by atoms with E-state index in [4.69, 9.17) is 34.8 Å². The van der Waals surface area contributed by atoms with Gasteiger partial charge in [0.25, 0.3) is 0 Å². The first-order chi connectivity index (χ1) is 9.32. The third kappa shape index (κ3) is 5.04. The average Bonchev–Trinajstić information content (AvgIpc) is 2.39. The first-order valence-electron chi connectivity index (χ1n) is 6.90. The summed E-state index contributed by atoms with van der Waals surface area (Å²) in [5.74, 6) is 0. The van der Waals surface area contributed by atoms with Crippen molar-refractivity contribution in [2.24, 2.45) is 5.41 Å². The third-order valence-electron chi connectivity index (χ3n) is 3.69. The molecule has 0 aromatic heterocycles. The fourth-order valence-electron chi connectivity index (χ4n) is 2.90. The van der Waals surface area contributed by atoms with Gasteiger partial charge in [0.05, 0.1) is 10.0 Å². The Morgan fingerprint density at radius 2 is 1.50 bits per heavy atom. The SMILES string of the molecule is CC(C)(C)[C@H](c1c(Cl)ccc(Cl)c1Cl)N1CCNCC1.Cl.Cl. The van der Waals surface area contributed by atoms with Gasteiger partial charge in [0.15, 0.2) is 0 Å². The second-order valence-electron chi connectivity index (χ2n) is 6.31. The molecule has 0 bridgehead atoms. The fourth-order valence-corrected chi connectivity index (χ4v) is 3.64. The molecule has 1 N–H and O–H groups in total. The molecule has 1 fully saturated rings. The Hall–Kier alpha value is 0.590. The number of hydrogen-bond acceptors (Lipinski definition) is 2. The Bertz CT molecular complexity index is 482. The lowest BCUT2D eigenvalue weighted by Crippen LogP contribution is -2.48. The number of piperazine rings is 1. The van der Waals surface area contributed by atoms with Crippen LogP contribution in [0.3, 0.4) is 0 Å². The van der Waals surface area contributed by atoms with Crippen molar-refractivity contribution in [3.63, 3.8) is 0 Å². The van der Waals surface area contributed by atoms with Gasteiger partial charge in [0.2, 0.25) is 0 Å². The zero-order valence-electron chi connectivity index (χ0n) is 13.0. The van der Waals surface area contributed by atoms with Crippen molar-refractivity contribution in [3.8, 4) is 0 Å². The van der Waals surface area contributed by atoms with Crippen LogP contribution in [0.5, 0.6) is 0 Å². The van der Waals surface area contributed by atoms with E-state index in [1.165, 1.54) is 0 Å². The van der Waals surface area contributed by atoms with Gasteiger partial charge in [-0.3, -0.25) is 4.90 Å². The van der Waals surface area contributed by atoms with Crippen molar-refractivity contribution in [1.29, 1.82) is 0 Å². The van der Waals surface area contributed by atoms with Gasteiger partial charge in [-0.15, -0.1) is 24.8 Å². The van der Waals surface area contributed by atoms with E-state index in [1.54, 1.807) is 6.07 Å². The highest BCUT2D eigenvalue weighted by Gasteiger charge is 2.35. The number of halogens is 5. The molecule has 128 valence electrons. The predicted molar refractivity (Wildman–Crippen MR) is 103 cm³/mol. The van der Waals surface area contributed by atoms with E-state index in [-0.39, 0.29) is 36.3 Å². The molecule has 0 amide bonds. The molecule has 0 radical (unpaired) electrons.